The van der Waals surface area contributed by atoms with Crippen LogP contribution in [0.3, 0.4) is 0 Å². The molecule has 0 amide bonds. The molecule has 3 nitrogen and oxygen atoms in total. The molecular weight excluding hydrogens is 232 g/mol. The maximum atomic E-state index is 11.9. The number of aromatic nitrogens is 2. The van der Waals surface area contributed by atoms with E-state index in [1.807, 2.05) is 22.5 Å². The number of Topliss-reactive ketones (excluding diaryl/α,β-unsaturated/α-hetero) is 1. The Morgan fingerprint density at radius 1 is 1.53 bits per heavy atom. The number of carbonyl (C=O) groups excluding carboxylic acids is 1. The molecule has 1 aliphatic carbocycles. The third kappa shape index (κ3) is 3.60. The van der Waals surface area contributed by atoms with E-state index < -0.39 is 0 Å². The third-order valence-corrected chi connectivity index (χ3v) is 4.71. The lowest BCUT2D eigenvalue weighted by Crippen LogP contribution is -2.12. The number of hydrogen-bond donors (Lipinski definition) is 0. The first-order chi connectivity index (χ1) is 8.29. The van der Waals surface area contributed by atoms with Crippen LogP contribution in [0.2, 0.25) is 0 Å². The third-order valence-electron chi connectivity index (χ3n) is 3.28. The van der Waals surface area contributed by atoms with Crippen LogP contribution < -0.4 is 0 Å². The van der Waals surface area contributed by atoms with Crippen LogP contribution in [0, 0.1) is 0 Å². The lowest BCUT2D eigenvalue weighted by atomic mass is 10.3. The number of carbonyl (C=O) groups is 1. The van der Waals surface area contributed by atoms with E-state index in [1.54, 1.807) is 6.20 Å². The number of thioether (sulfide) groups is 1. The number of hydrogen-bond acceptors (Lipinski definition) is 3. The van der Waals surface area contributed by atoms with Gasteiger partial charge in [-0.1, -0.05) is 12.8 Å². The summed E-state index contributed by atoms with van der Waals surface area (Å²) in [6.45, 7) is 2.96. The highest BCUT2D eigenvalue weighted by Crippen LogP contribution is 2.29. The van der Waals surface area contributed by atoms with E-state index in [0.29, 0.717) is 18.0 Å². The van der Waals surface area contributed by atoms with Crippen molar-refractivity contribution < 1.29 is 4.79 Å². The summed E-state index contributed by atoms with van der Waals surface area (Å²) >= 11 is 1.84. The van der Waals surface area contributed by atoms with Crippen molar-refractivity contribution in [3.05, 3.63) is 18.2 Å². The normalized spacial score (nSPS) is 16.5. The molecule has 1 fully saturated rings. The first-order valence-corrected chi connectivity index (χ1v) is 7.47. The van der Waals surface area contributed by atoms with Crippen molar-refractivity contribution in [2.45, 2.75) is 50.8 Å². The highest BCUT2D eigenvalue weighted by atomic mass is 32.2. The second kappa shape index (κ2) is 6.24. The van der Waals surface area contributed by atoms with Crippen molar-refractivity contribution in [2.24, 2.45) is 0 Å². The molecule has 0 bridgehead atoms. The molecule has 2 rings (SSSR count). The molecule has 1 heterocycles. The fourth-order valence-electron chi connectivity index (χ4n) is 2.29. The molecule has 0 saturated heterocycles. The van der Waals surface area contributed by atoms with Crippen LogP contribution in [0.15, 0.2) is 12.4 Å². The van der Waals surface area contributed by atoms with Gasteiger partial charge in [-0.15, -0.1) is 0 Å². The molecule has 1 aromatic heterocycles. The molecule has 17 heavy (non-hydrogen) atoms. The highest BCUT2D eigenvalue weighted by molar-refractivity contribution is 8.00. The van der Waals surface area contributed by atoms with Gasteiger partial charge in [-0.05, 0) is 19.8 Å². The Labute approximate surface area is 107 Å². The molecule has 1 aliphatic rings. The van der Waals surface area contributed by atoms with Gasteiger partial charge in [-0.3, -0.25) is 4.79 Å². The zero-order valence-corrected chi connectivity index (χ0v) is 11.2. The number of rotatable bonds is 6. The summed E-state index contributed by atoms with van der Waals surface area (Å²) in [4.78, 5) is 16.1. The summed E-state index contributed by atoms with van der Waals surface area (Å²) in [6.07, 6.45) is 9.46. The molecule has 0 unspecified atom stereocenters. The molecule has 94 valence electrons. The number of imidazole rings is 1. The summed E-state index contributed by atoms with van der Waals surface area (Å²) in [5, 5.41) is 0.727. The Morgan fingerprint density at radius 2 is 2.29 bits per heavy atom. The Morgan fingerprint density at radius 3 is 3.00 bits per heavy atom. The summed E-state index contributed by atoms with van der Waals surface area (Å²) in [6, 6.07) is 0. The number of nitrogens with zero attached hydrogens (tertiary/aromatic N) is 2. The van der Waals surface area contributed by atoms with Crippen LogP contribution in [0.4, 0.5) is 0 Å². The average Bonchev–Trinajstić information content (AvgIpc) is 2.97. The fraction of sp³-hybridized carbons (Fsp3) is 0.692. The van der Waals surface area contributed by atoms with Crippen LogP contribution >= 0.6 is 11.8 Å². The maximum absolute atomic E-state index is 11.9. The first-order valence-electron chi connectivity index (χ1n) is 6.43. The summed E-state index contributed by atoms with van der Waals surface area (Å²) in [5.41, 5.74) is 0. The first kappa shape index (κ1) is 12.7. The van der Waals surface area contributed by atoms with Crippen molar-refractivity contribution in [1.82, 2.24) is 9.55 Å². The molecule has 0 atom stereocenters. The fourth-order valence-corrected chi connectivity index (χ4v) is 3.48. The van der Waals surface area contributed by atoms with Gasteiger partial charge in [0.2, 0.25) is 0 Å². The van der Waals surface area contributed by atoms with Crippen LogP contribution in [-0.4, -0.2) is 26.3 Å². The standard InChI is InChI=1S/C13H20N2OS/c1-2-15-8-7-14-13(15)9-11(16)10-17-12-5-3-4-6-12/h7-8,12H,2-6,9-10H2,1H3. The van der Waals surface area contributed by atoms with E-state index >= 15 is 0 Å². The van der Waals surface area contributed by atoms with Crippen molar-refractivity contribution in [3.63, 3.8) is 0 Å². The van der Waals surface area contributed by atoms with Crippen LogP contribution in [-0.2, 0) is 17.8 Å². The maximum Gasteiger partial charge on any atom is 0.150 e. The average molecular weight is 252 g/mol. The van der Waals surface area contributed by atoms with Crippen LogP contribution in [0.1, 0.15) is 38.4 Å². The van der Waals surface area contributed by atoms with Gasteiger partial charge in [0.1, 0.15) is 11.6 Å². The minimum atomic E-state index is 0.308. The van der Waals surface area contributed by atoms with Crippen molar-refractivity contribution in [2.75, 3.05) is 5.75 Å². The van der Waals surface area contributed by atoms with E-state index in [1.165, 1.54) is 25.7 Å². The predicted molar refractivity (Wildman–Crippen MR) is 71.3 cm³/mol. The molecule has 0 radical (unpaired) electrons. The zero-order valence-electron chi connectivity index (χ0n) is 10.4. The van der Waals surface area contributed by atoms with Gasteiger partial charge in [0, 0.05) is 24.2 Å². The Balaban J connectivity index is 1.76. The van der Waals surface area contributed by atoms with Gasteiger partial charge in [0.25, 0.3) is 0 Å². The summed E-state index contributed by atoms with van der Waals surface area (Å²) in [5.74, 6) is 1.87. The van der Waals surface area contributed by atoms with E-state index in [2.05, 4.69) is 11.9 Å². The SMILES string of the molecule is CCn1ccnc1CC(=O)CSC1CCCC1. The molecule has 0 N–H and O–H groups in total. The lowest BCUT2D eigenvalue weighted by molar-refractivity contribution is -0.116. The predicted octanol–water partition coefficient (Wildman–Crippen LogP) is 2.69. The van der Waals surface area contributed by atoms with Gasteiger partial charge in [0.05, 0.1) is 12.2 Å². The van der Waals surface area contributed by atoms with Crippen LogP contribution in [0.5, 0.6) is 0 Å². The molecule has 1 aromatic rings. The Hall–Kier alpha value is -0.770. The monoisotopic (exact) mass is 252 g/mol. The van der Waals surface area contributed by atoms with Gasteiger partial charge < -0.3 is 4.57 Å². The quantitative estimate of drug-likeness (QED) is 0.781. The highest BCUT2D eigenvalue weighted by Gasteiger charge is 2.17. The number of aryl methyl sites for hydroxylation is 1. The largest absolute Gasteiger partial charge is 0.335 e. The molecule has 4 heteroatoms. The van der Waals surface area contributed by atoms with Gasteiger partial charge >= 0.3 is 0 Å². The van der Waals surface area contributed by atoms with Gasteiger partial charge in [-0.2, -0.15) is 11.8 Å². The van der Waals surface area contributed by atoms with Crippen LogP contribution in [0.25, 0.3) is 0 Å². The molecule has 0 spiro atoms. The van der Waals surface area contributed by atoms with E-state index in [4.69, 9.17) is 0 Å². The lowest BCUT2D eigenvalue weighted by Gasteiger charge is -2.08. The summed E-state index contributed by atoms with van der Waals surface area (Å²) < 4.78 is 2.04. The summed E-state index contributed by atoms with van der Waals surface area (Å²) in [7, 11) is 0. The van der Waals surface area contributed by atoms with Gasteiger partial charge in [0.15, 0.2) is 0 Å². The van der Waals surface area contributed by atoms with Gasteiger partial charge in [-0.25, -0.2) is 4.98 Å². The molecule has 1 saturated carbocycles. The van der Waals surface area contributed by atoms with Crippen molar-refractivity contribution in [3.8, 4) is 0 Å². The second-order valence-corrected chi connectivity index (χ2v) is 5.85. The van der Waals surface area contributed by atoms with E-state index in [-0.39, 0.29) is 0 Å². The molecule has 0 aromatic carbocycles. The van der Waals surface area contributed by atoms with Crippen molar-refractivity contribution >= 4 is 17.5 Å². The minimum Gasteiger partial charge on any atom is -0.335 e. The topological polar surface area (TPSA) is 34.9 Å². The molecular formula is C13H20N2OS. The number of ketones is 1. The molecule has 0 aliphatic heterocycles. The zero-order chi connectivity index (χ0) is 12.1. The Bertz CT molecular complexity index is 369. The second-order valence-electron chi connectivity index (χ2n) is 4.56. The van der Waals surface area contributed by atoms with E-state index in [9.17, 15) is 4.79 Å². The van der Waals surface area contributed by atoms with Crippen molar-refractivity contribution in [1.29, 1.82) is 0 Å². The van der Waals surface area contributed by atoms with E-state index in [0.717, 1.165) is 17.6 Å². The smallest absolute Gasteiger partial charge is 0.150 e. The minimum absolute atomic E-state index is 0.308. The Kier molecular flexibility index (Phi) is 4.66.